The zero-order valence-corrected chi connectivity index (χ0v) is 15.2. The van der Waals surface area contributed by atoms with Gasteiger partial charge in [-0.3, -0.25) is 4.99 Å². The van der Waals surface area contributed by atoms with Crippen LogP contribution in [0, 0.1) is 0 Å². The number of hydrogen-bond donors (Lipinski definition) is 2. The molecule has 0 heterocycles. The van der Waals surface area contributed by atoms with Gasteiger partial charge >= 0.3 is 0 Å². The second-order valence-electron chi connectivity index (χ2n) is 5.16. The van der Waals surface area contributed by atoms with Crippen molar-refractivity contribution in [2.24, 2.45) is 4.99 Å². The molecular weight excluding hydrogens is 338 g/mol. The van der Waals surface area contributed by atoms with Crippen LogP contribution in [0.1, 0.15) is 18.5 Å². The molecular formula is C15H24ClN3O3S. The molecule has 1 unspecified atom stereocenters. The van der Waals surface area contributed by atoms with Crippen molar-refractivity contribution in [3.63, 3.8) is 0 Å². The van der Waals surface area contributed by atoms with Gasteiger partial charge in [-0.05, 0) is 24.6 Å². The fourth-order valence-electron chi connectivity index (χ4n) is 1.79. The van der Waals surface area contributed by atoms with E-state index in [2.05, 4.69) is 15.6 Å². The van der Waals surface area contributed by atoms with E-state index in [1.807, 2.05) is 31.2 Å². The molecule has 0 saturated carbocycles. The Hall–Kier alpha value is -1.31. The highest BCUT2D eigenvalue weighted by Crippen LogP contribution is 2.15. The molecule has 0 aliphatic rings. The van der Waals surface area contributed by atoms with Gasteiger partial charge in [0.1, 0.15) is 9.84 Å². The fourth-order valence-corrected chi connectivity index (χ4v) is 2.34. The van der Waals surface area contributed by atoms with Gasteiger partial charge in [-0.15, -0.1) is 0 Å². The van der Waals surface area contributed by atoms with Crippen LogP contribution in [0.2, 0.25) is 5.02 Å². The van der Waals surface area contributed by atoms with Crippen molar-refractivity contribution >= 4 is 27.4 Å². The lowest BCUT2D eigenvalue weighted by Gasteiger charge is -2.18. The van der Waals surface area contributed by atoms with E-state index in [1.165, 1.54) is 6.26 Å². The van der Waals surface area contributed by atoms with Crippen LogP contribution < -0.4 is 10.6 Å². The molecule has 8 heteroatoms. The van der Waals surface area contributed by atoms with Crippen LogP contribution in [0.3, 0.4) is 0 Å². The first-order valence-electron chi connectivity index (χ1n) is 7.30. The van der Waals surface area contributed by atoms with Gasteiger partial charge in [-0.1, -0.05) is 23.7 Å². The van der Waals surface area contributed by atoms with Crippen LogP contribution in [0.5, 0.6) is 0 Å². The van der Waals surface area contributed by atoms with Crippen molar-refractivity contribution in [1.82, 2.24) is 10.6 Å². The zero-order chi connectivity index (χ0) is 17.3. The molecule has 0 aromatic heterocycles. The van der Waals surface area contributed by atoms with Gasteiger partial charge in [0.25, 0.3) is 0 Å². The molecule has 0 bridgehead atoms. The van der Waals surface area contributed by atoms with Gasteiger partial charge in [-0.25, -0.2) is 8.42 Å². The summed E-state index contributed by atoms with van der Waals surface area (Å²) in [5.41, 5.74) is 1.10. The summed E-state index contributed by atoms with van der Waals surface area (Å²) in [4.78, 5) is 4.15. The lowest BCUT2D eigenvalue weighted by molar-refractivity contribution is 0.154. The van der Waals surface area contributed by atoms with E-state index in [0.717, 1.165) is 5.56 Å². The molecule has 0 spiro atoms. The maximum absolute atomic E-state index is 11.0. The normalized spacial score (nSPS) is 13.7. The van der Waals surface area contributed by atoms with Crippen molar-refractivity contribution in [3.8, 4) is 0 Å². The summed E-state index contributed by atoms with van der Waals surface area (Å²) in [5.74, 6) is 0.687. The summed E-state index contributed by atoms with van der Waals surface area (Å²) in [6.07, 6.45) is 1.19. The van der Waals surface area contributed by atoms with Crippen LogP contribution in [0.4, 0.5) is 0 Å². The van der Waals surface area contributed by atoms with Gasteiger partial charge in [0, 0.05) is 24.9 Å². The number of sulfone groups is 1. The summed E-state index contributed by atoms with van der Waals surface area (Å²) in [6.45, 7) is 3.18. The second kappa shape index (κ2) is 9.75. The highest BCUT2D eigenvalue weighted by atomic mass is 35.5. The number of halogens is 1. The SMILES string of the molecule is CN=C(NCCOCCS(C)(=O)=O)NC(C)c1ccc(Cl)cc1. The maximum atomic E-state index is 11.0. The molecule has 130 valence electrons. The predicted molar refractivity (Wildman–Crippen MR) is 94.9 cm³/mol. The van der Waals surface area contributed by atoms with E-state index in [9.17, 15) is 8.42 Å². The Morgan fingerprint density at radius 2 is 1.96 bits per heavy atom. The van der Waals surface area contributed by atoms with Crippen LogP contribution in [0.15, 0.2) is 29.3 Å². The van der Waals surface area contributed by atoms with E-state index >= 15 is 0 Å². The number of nitrogens with zero attached hydrogens (tertiary/aromatic N) is 1. The van der Waals surface area contributed by atoms with E-state index in [-0.39, 0.29) is 18.4 Å². The number of rotatable bonds is 8. The Balaban J connectivity index is 2.30. The zero-order valence-electron chi connectivity index (χ0n) is 13.7. The molecule has 0 saturated heterocycles. The van der Waals surface area contributed by atoms with E-state index in [4.69, 9.17) is 16.3 Å². The second-order valence-corrected chi connectivity index (χ2v) is 7.86. The number of aliphatic imine (C=N–C) groups is 1. The summed E-state index contributed by atoms with van der Waals surface area (Å²) in [5, 5.41) is 7.08. The molecule has 0 aliphatic carbocycles. The smallest absolute Gasteiger partial charge is 0.191 e. The summed E-state index contributed by atoms with van der Waals surface area (Å²) in [6, 6.07) is 7.69. The number of nitrogens with one attached hydrogen (secondary N) is 2. The number of guanidine groups is 1. The van der Waals surface area contributed by atoms with Gasteiger partial charge in [-0.2, -0.15) is 0 Å². The van der Waals surface area contributed by atoms with E-state index in [1.54, 1.807) is 7.05 Å². The Kier molecular flexibility index (Phi) is 8.36. The third-order valence-electron chi connectivity index (χ3n) is 3.08. The first-order valence-corrected chi connectivity index (χ1v) is 9.74. The van der Waals surface area contributed by atoms with Gasteiger partial charge in [0.05, 0.1) is 25.0 Å². The molecule has 1 aromatic rings. The van der Waals surface area contributed by atoms with Crippen molar-refractivity contribution in [2.75, 3.05) is 38.8 Å². The number of benzene rings is 1. The van der Waals surface area contributed by atoms with Crippen LogP contribution in [-0.4, -0.2) is 53.2 Å². The Morgan fingerprint density at radius 3 is 2.52 bits per heavy atom. The van der Waals surface area contributed by atoms with E-state index < -0.39 is 9.84 Å². The molecule has 0 radical (unpaired) electrons. The molecule has 1 aromatic carbocycles. The Morgan fingerprint density at radius 1 is 1.30 bits per heavy atom. The monoisotopic (exact) mass is 361 g/mol. The van der Waals surface area contributed by atoms with Gasteiger partial charge < -0.3 is 15.4 Å². The predicted octanol–water partition coefficient (Wildman–Crippen LogP) is 1.63. The average Bonchev–Trinajstić information content (AvgIpc) is 2.48. The quantitative estimate of drug-likeness (QED) is 0.418. The third-order valence-corrected chi connectivity index (χ3v) is 4.24. The molecule has 23 heavy (non-hydrogen) atoms. The third kappa shape index (κ3) is 8.78. The number of ether oxygens (including phenoxy) is 1. The molecule has 0 amide bonds. The van der Waals surface area contributed by atoms with Crippen molar-refractivity contribution in [1.29, 1.82) is 0 Å². The van der Waals surface area contributed by atoms with Crippen molar-refractivity contribution < 1.29 is 13.2 Å². The minimum Gasteiger partial charge on any atom is -0.379 e. The van der Waals surface area contributed by atoms with Crippen LogP contribution in [0.25, 0.3) is 0 Å². The van der Waals surface area contributed by atoms with Gasteiger partial charge in [0.2, 0.25) is 0 Å². The highest BCUT2D eigenvalue weighted by Gasteiger charge is 2.07. The first-order chi connectivity index (χ1) is 10.8. The topological polar surface area (TPSA) is 79.8 Å². The summed E-state index contributed by atoms with van der Waals surface area (Å²) >= 11 is 5.88. The van der Waals surface area contributed by atoms with Crippen molar-refractivity contribution in [2.45, 2.75) is 13.0 Å². The minimum absolute atomic E-state index is 0.0353. The molecule has 0 aliphatic heterocycles. The molecule has 0 fully saturated rings. The van der Waals surface area contributed by atoms with E-state index in [0.29, 0.717) is 24.1 Å². The lowest BCUT2D eigenvalue weighted by atomic mass is 10.1. The largest absolute Gasteiger partial charge is 0.379 e. The summed E-state index contributed by atoms with van der Waals surface area (Å²) in [7, 11) is -1.28. The molecule has 1 rings (SSSR count). The summed E-state index contributed by atoms with van der Waals surface area (Å²) < 4.78 is 27.2. The van der Waals surface area contributed by atoms with Gasteiger partial charge in [0.15, 0.2) is 5.96 Å². The minimum atomic E-state index is -2.97. The maximum Gasteiger partial charge on any atom is 0.191 e. The molecule has 1 atom stereocenters. The molecule has 6 nitrogen and oxygen atoms in total. The first kappa shape index (κ1) is 19.7. The number of hydrogen-bond acceptors (Lipinski definition) is 4. The average molecular weight is 362 g/mol. The highest BCUT2D eigenvalue weighted by molar-refractivity contribution is 7.90. The molecule has 2 N–H and O–H groups in total. The van der Waals surface area contributed by atoms with Crippen LogP contribution in [-0.2, 0) is 14.6 Å². The Labute approximate surface area is 143 Å². The Bertz CT molecular complexity index is 603. The van der Waals surface area contributed by atoms with Crippen molar-refractivity contribution in [3.05, 3.63) is 34.9 Å². The standard InChI is InChI=1S/C15H24ClN3O3S/c1-12(13-4-6-14(16)7-5-13)19-15(17-2)18-8-9-22-10-11-23(3,20)21/h4-7,12H,8-11H2,1-3H3,(H2,17,18,19). The fraction of sp³-hybridized carbons (Fsp3) is 0.533. The lowest BCUT2D eigenvalue weighted by Crippen LogP contribution is -2.40. The van der Waals surface area contributed by atoms with Crippen LogP contribution >= 0.6 is 11.6 Å².